The normalized spacial score (nSPS) is 15.4. The summed E-state index contributed by atoms with van der Waals surface area (Å²) < 4.78 is 5.11. The number of ether oxygens (including phenoxy) is 1. The third kappa shape index (κ3) is 5.55. The van der Waals surface area contributed by atoms with Gasteiger partial charge in [0.05, 0.1) is 18.4 Å². The van der Waals surface area contributed by atoms with Gasteiger partial charge in [-0.15, -0.1) is 0 Å². The van der Waals surface area contributed by atoms with Crippen LogP contribution in [0.1, 0.15) is 47.4 Å². The van der Waals surface area contributed by atoms with Crippen molar-refractivity contribution >= 4 is 23.3 Å². The molecule has 0 aliphatic carbocycles. The van der Waals surface area contributed by atoms with Crippen molar-refractivity contribution in [1.82, 2.24) is 4.90 Å². The van der Waals surface area contributed by atoms with Gasteiger partial charge in [0.1, 0.15) is 5.75 Å². The molecule has 1 aliphatic heterocycles. The molecule has 2 aromatic rings. The molecule has 0 spiro atoms. The Labute approximate surface area is 183 Å². The molecule has 1 aliphatic rings. The Bertz CT molecular complexity index is 906. The Morgan fingerprint density at radius 1 is 1.10 bits per heavy atom. The van der Waals surface area contributed by atoms with Gasteiger partial charge in [-0.05, 0) is 55.8 Å². The Morgan fingerprint density at radius 3 is 2.35 bits per heavy atom. The fraction of sp³-hybridized carbons (Fsp3) is 0.417. The number of nitrogens with one attached hydrogen (secondary N) is 1. The number of piperazine rings is 1. The van der Waals surface area contributed by atoms with Crippen molar-refractivity contribution in [3.05, 3.63) is 53.6 Å². The number of anilines is 2. The van der Waals surface area contributed by atoms with E-state index in [0.717, 1.165) is 32.6 Å². The fourth-order valence-corrected chi connectivity index (χ4v) is 4.01. The summed E-state index contributed by atoms with van der Waals surface area (Å²) in [6.07, 6.45) is 2.33. The number of amides is 1. The van der Waals surface area contributed by atoms with Crippen molar-refractivity contribution < 1.29 is 19.4 Å². The summed E-state index contributed by atoms with van der Waals surface area (Å²) in [5, 5.41) is 12.6. The molecule has 1 amide bonds. The number of methoxy groups -OCH3 is 1. The Hall–Kier alpha value is -3.06. The van der Waals surface area contributed by atoms with E-state index in [1.54, 1.807) is 43.5 Å². The Balaban J connectivity index is 1.71. The van der Waals surface area contributed by atoms with Crippen LogP contribution >= 0.6 is 0 Å². The van der Waals surface area contributed by atoms with Gasteiger partial charge in [0.2, 0.25) is 0 Å². The van der Waals surface area contributed by atoms with E-state index in [0.29, 0.717) is 28.7 Å². The van der Waals surface area contributed by atoms with Crippen LogP contribution in [-0.4, -0.2) is 61.2 Å². The molecule has 0 saturated carbocycles. The lowest BCUT2D eigenvalue weighted by atomic mass is 10.1. The molecule has 1 atom stereocenters. The predicted octanol–water partition coefficient (Wildman–Crippen LogP) is 3.96. The minimum atomic E-state index is -1.00. The lowest BCUT2D eigenvalue weighted by Crippen LogP contribution is -2.49. The average molecular weight is 426 g/mol. The number of carbonyl (C=O) groups excluding carboxylic acids is 1. The third-order valence-electron chi connectivity index (χ3n) is 5.82. The molecule has 0 bridgehead atoms. The molecule has 0 aromatic heterocycles. The highest BCUT2D eigenvalue weighted by molar-refractivity contribution is 6.05. The van der Waals surface area contributed by atoms with Crippen LogP contribution in [0.25, 0.3) is 0 Å². The summed E-state index contributed by atoms with van der Waals surface area (Å²) in [7, 11) is 1.57. The van der Waals surface area contributed by atoms with Crippen LogP contribution in [0, 0.1) is 0 Å². The van der Waals surface area contributed by atoms with Crippen LogP contribution in [0.15, 0.2) is 42.5 Å². The average Bonchev–Trinajstić information content (AvgIpc) is 2.79. The lowest BCUT2D eigenvalue weighted by Gasteiger charge is -2.39. The number of aromatic carboxylic acids is 1. The fourth-order valence-electron chi connectivity index (χ4n) is 4.01. The van der Waals surface area contributed by atoms with Crippen molar-refractivity contribution in [2.45, 2.75) is 32.7 Å². The first-order chi connectivity index (χ1) is 14.9. The van der Waals surface area contributed by atoms with Gasteiger partial charge in [-0.3, -0.25) is 9.69 Å². The molecule has 1 heterocycles. The van der Waals surface area contributed by atoms with E-state index in [9.17, 15) is 14.7 Å². The van der Waals surface area contributed by atoms with Gasteiger partial charge in [0.25, 0.3) is 5.91 Å². The number of carbonyl (C=O) groups is 2. The number of benzene rings is 2. The van der Waals surface area contributed by atoms with Crippen molar-refractivity contribution in [3.8, 4) is 5.75 Å². The summed E-state index contributed by atoms with van der Waals surface area (Å²) in [6, 6.07) is 12.4. The standard InChI is InChI=1S/C24H31N3O4/c1-4-5-17(2)26-12-14-27(15-13-26)22-11-8-19(16-21(22)24(29)30)25-23(28)18-6-9-20(31-3)10-7-18/h6-11,16-17H,4-5,12-15H2,1-3H3,(H,25,28)(H,29,30)/t17-/m0/s1. The zero-order chi connectivity index (χ0) is 22.4. The maximum atomic E-state index is 12.5. The van der Waals surface area contributed by atoms with Gasteiger partial charge in [-0.2, -0.15) is 0 Å². The van der Waals surface area contributed by atoms with Crippen molar-refractivity contribution in [1.29, 1.82) is 0 Å². The summed E-state index contributed by atoms with van der Waals surface area (Å²) in [4.78, 5) is 29.0. The predicted molar refractivity (Wildman–Crippen MR) is 123 cm³/mol. The first kappa shape index (κ1) is 22.6. The zero-order valence-electron chi connectivity index (χ0n) is 18.4. The monoisotopic (exact) mass is 425 g/mol. The Morgan fingerprint density at radius 2 is 1.77 bits per heavy atom. The van der Waals surface area contributed by atoms with Gasteiger partial charge in [-0.1, -0.05) is 13.3 Å². The highest BCUT2D eigenvalue weighted by Crippen LogP contribution is 2.27. The van der Waals surface area contributed by atoms with E-state index < -0.39 is 5.97 Å². The highest BCUT2D eigenvalue weighted by atomic mass is 16.5. The van der Waals surface area contributed by atoms with Crippen molar-refractivity contribution in [2.24, 2.45) is 0 Å². The second kappa shape index (κ2) is 10.3. The zero-order valence-corrected chi connectivity index (χ0v) is 18.4. The van der Waals surface area contributed by atoms with E-state index in [1.807, 2.05) is 0 Å². The minimum Gasteiger partial charge on any atom is -0.497 e. The van der Waals surface area contributed by atoms with E-state index >= 15 is 0 Å². The smallest absolute Gasteiger partial charge is 0.337 e. The topological polar surface area (TPSA) is 82.1 Å². The molecule has 0 unspecified atom stereocenters. The third-order valence-corrected chi connectivity index (χ3v) is 5.82. The van der Waals surface area contributed by atoms with Crippen LogP contribution in [0.5, 0.6) is 5.75 Å². The van der Waals surface area contributed by atoms with E-state index in [2.05, 4.69) is 29.0 Å². The maximum absolute atomic E-state index is 12.5. The molecule has 7 heteroatoms. The molecule has 166 valence electrons. The van der Waals surface area contributed by atoms with Crippen molar-refractivity contribution in [2.75, 3.05) is 43.5 Å². The van der Waals surface area contributed by atoms with Crippen LogP contribution in [-0.2, 0) is 0 Å². The lowest BCUT2D eigenvalue weighted by molar-refractivity contribution is 0.0697. The summed E-state index contributed by atoms with van der Waals surface area (Å²) in [5.41, 5.74) is 1.82. The molecule has 0 radical (unpaired) electrons. The Kier molecular flexibility index (Phi) is 7.52. The van der Waals surface area contributed by atoms with Crippen LogP contribution in [0.2, 0.25) is 0 Å². The van der Waals surface area contributed by atoms with Crippen LogP contribution in [0.3, 0.4) is 0 Å². The van der Waals surface area contributed by atoms with Gasteiger partial charge in [-0.25, -0.2) is 4.79 Å². The molecule has 2 N–H and O–H groups in total. The molecule has 2 aromatic carbocycles. The number of nitrogens with zero attached hydrogens (tertiary/aromatic N) is 2. The van der Waals surface area contributed by atoms with Gasteiger partial charge in [0, 0.05) is 43.5 Å². The quantitative estimate of drug-likeness (QED) is 0.666. The molecule has 31 heavy (non-hydrogen) atoms. The molecule has 3 rings (SSSR count). The number of rotatable bonds is 8. The van der Waals surface area contributed by atoms with Gasteiger partial charge < -0.3 is 20.1 Å². The van der Waals surface area contributed by atoms with Gasteiger partial charge in [0.15, 0.2) is 0 Å². The number of hydrogen-bond donors (Lipinski definition) is 2. The SMILES string of the molecule is CCC[C@H](C)N1CCN(c2ccc(NC(=O)c3ccc(OC)cc3)cc2C(=O)O)CC1. The highest BCUT2D eigenvalue weighted by Gasteiger charge is 2.24. The molecular weight excluding hydrogens is 394 g/mol. The summed E-state index contributed by atoms with van der Waals surface area (Å²) in [6.45, 7) is 7.84. The second-order valence-electron chi connectivity index (χ2n) is 7.88. The van der Waals surface area contributed by atoms with E-state index in [4.69, 9.17) is 4.74 Å². The molecule has 1 saturated heterocycles. The summed E-state index contributed by atoms with van der Waals surface area (Å²) >= 11 is 0. The maximum Gasteiger partial charge on any atom is 0.337 e. The van der Waals surface area contributed by atoms with E-state index in [-0.39, 0.29) is 11.5 Å². The number of carboxylic acid groups (broad SMARTS) is 1. The second-order valence-corrected chi connectivity index (χ2v) is 7.88. The largest absolute Gasteiger partial charge is 0.497 e. The van der Waals surface area contributed by atoms with Gasteiger partial charge >= 0.3 is 5.97 Å². The molecular formula is C24H31N3O4. The van der Waals surface area contributed by atoms with E-state index in [1.165, 1.54) is 12.5 Å². The molecule has 7 nitrogen and oxygen atoms in total. The van der Waals surface area contributed by atoms with Crippen LogP contribution < -0.4 is 15.0 Å². The minimum absolute atomic E-state index is 0.197. The molecule has 1 fully saturated rings. The first-order valence-electron chi connectivity index (χ1n) is 10.7. The number of hydrogen-bond acceptors (Lipinski definition) is 5. The number of carboxylic acids is 1. The van der Waals surface area contributed by atoms with Crippen LogP contribution in [0.4, 0.5) is 11.4 Å². The summed E-state index contributed by atoms with van der Waals surface area (Å²) in [5.74, 6) is -0.638. The first-order valence-corrected chi connectivity index (χ1v) is 10.7. The van der Waals surface area contributed by atoms with Crippen molar-refractivity contribution in [3.63, 3.8) is 0 Å².